The number of hydrogen-bond donors (Lipinski definition) is 2. The molecule has 2 amide bonds. The number of carbonyl (C=O) groups is 1. The first-order valence-electron chi connectivity index (χ1n) is 6.49. The fraction of sp³-hybridized carbons (Fsp3) is 0.188. The van der Waals surface area contributed by atoms with E-state index in [1.807, 2.05) is 31.2 Å². The molecule has 2 N–H and O–H groups in total. The van der Waals surface area contributed by atoms with Crippen molar-refractivity contribution >= 4 is 17.4 Å². The van der Waals surface area contributed by atoms with Gasteiger partial charge in [0, 0.05) is 17.4 Å². The number of methoxy groups -OCH3 is 2. The van der Waals surface area contributed by atoms with Crippen molar-refractivity contribution in [2.75, 3.05) is 24.9 Å². The minimum Gasteiger partial charge on any atom is -0.493 e. The van der Waals surface area contributed by atoms with Crippen molar-refractivity contribution in [1.29, 1.82) is 0 Å². The summed E-state index contributed by atoms with van der Waals surface area (Å²) in [6, 6.07) is 12.4. The molecule has 2 rings (SSSR count). The molecule has 5 heteroatoms. The summed E-state index contributed by atoms with van der Waals surface area (Å²) in [4.78, 5) is 11.9. The number of rotatable bonds is 4. The van der Waals surface area contributed by atoms with Crippen LogP contribution in [-0.2, 0) is 0 Å². The third-order valence-corrected chi connectivity index (χ3v) is 2.95. The largest absolute Gasteiger partial charge is 0.493 e. The van der Waals surface area contributed by atoms with Crippen LogP contribution >= 0.6 is 0 Å². The summed E-state index contributed by atoms with van der Waals surface area (Å²) >= 11 is 0. The van der Waals surface area contributed by atoms with Gasteiger partial charge in [-0.25, -0.2) is 4.79 Å². The van der Waals surface area contributed by atoms with E-state index in [-0.39, 0.29) is 6.03 Å². The molecule has 5 nitrogen and oxygen atoms in total. The zero-order valence-corrected chi connectivity index (χ0v) is 12.3. The van der Waals surface area contributed by atoms with Crippen LogP contribution in [0.25, 0.3) is 0 Å². The van der Waals surface area contributed by atoms with E-state index in [1.54, 1.807) is 32.4 Å². The van der Waals surface area contributed by atoms with E-state index in [0.717, 1.165) is 11.3 Å². The number of ether oxygens (including phenoxy) is 2. The maximum Gasteiger partial charge on any atom is 0.323 e. The molecule has 0 radical (unpaired) electrons. The van der Waals surface area contributed by atoms with E-state index in [0.29, 0.717) is 17.2 Å². The highest BCUT2D eigenvalue weighted by Gasteiger charge is 2.07. The number of hydrogen-bond acceptors (Lipinski definition) is 3. The molecule has 0 fully saturated rings. The molecular formula is C16H18N2O3. The second-order valence-corrected chi connectivity index (χ2v) is 4.51. The molecule has 0 saturated heterocycles. The molecule has 0 aliphatic heterocycles. The van der Waals surface area contributed by atoms with Crippen LogP contribution in [0, 0.1) is 6.92 Å². The van der Waals surface area contributed by atoms with Gasteiger partial charge in [0.05, 0.1) is 14.2 Å². The van der Waals surface area contributed by atoms with Crippen molar-refractivity contribution in [3.63, 3.8) is 0 Å². The Morgan fingerprint density at radius 2 is 1.43 bits per heavy atom. The first kappa shape index (κ1) is 14.7. The molecule has 0 aliphatic carbocycles. The van der Waals surface area contributed by atoms with Gasteiger partial charge in [0.2, 0.25) is 0 Å². The highest BCUT2D eigenvalue weighted by Crippen LogP contribution is 2.29. The van der Waals surface area contributed by atoms with Gasteiger partial charge in [0.25, 0.3) is 0 Å². The minimum atomic E-state index is -0.314. The lowest BCUT2D eigenvalue weighted by molar-refractivity contribution is 0.262. The number of aryl methyl sites for hydroxylation is 1. The van der Waals surface area contributed by atoms with Crippen LogP contribution in [0.1, 0.15) is 5.56 Å². The summed E-state index contributed by atoms with van der Waals surface area (Å²) < 4.78 is 10.3. The first-order valence-corrected chi connectivity index (χ1v) is 6.49. The fourth-order valence-corrected chi connectivity index (χ4v) is 1.84. The highest BCUT2D eigenvalue weighted by molar-refractivity contribution is 5.99. The molecule has 0 saturated carbocycles. The van der Waals surface area contributed by atoms with Crippen LogP contribution in [0.2, 0.25) is 0 Å². The number of urea groups is 1. The summed E-state index contributed by atoms with van der Waals surface area (Å²) in [5, 5.41) is 5.51. The number of carbonyl (C=O) groups excluding carboxylic acids is 1. The Bertz CT molecular complexity index is 624. The zero-order valence-electron chi connectivity index (χ0n) is 12.3. The molecule has 0 aromatic heterocycles. The minimum absolute atomic E-state index is 0.314. The third kappa shape index (κ3) is 3.89. The Kier molecular flexibility index (Phi) is 4.66. The quantitative estimate of drug-likeness (QED) is 0.901. The third-order valence-electron chi connectivity index (χ3n) is 2.95. The van der Waals surface area contributed by atoms with Crippen molar-refractivity contribution in [3.05, 3.63) is 48.0 Å². The first-order chi connectivity index (χ1) is 10.1. The molecule has 2 aromatic rings. The smallest absolute Gasteiger partial charge is 0.323 e. The summed E-state index contributed by atoms with van der Waals surface area (Å²) in [6.07, 6.45) is 0. The molecule has 0 spiro atoms. The van der Waals surface area contributed by atoms with Gasteiger partial charge in [0.15, 0.2) is 11.5 Å². The van der Waals surface area contributed by atoms with Crippen LogP contribution in [0.3, 0.4) is 0 Å². The van der Waals surface area contributed by atoms with Crippen LogP contribution in [0.15, 0.2) is 42.5 Å². The van der Waals surface area contributed by atoms with Crippen LogP contribution in [0.4, 0.5) is 16.2 Å². The fourth-order valence-electron chi connectivity index (χ4n) is 1.84. The van der Waals surface area contributed by atoms with Gasteiger partial charge in [-0.2, -0.15) is 0 Å². The summed E-state index contributed by atoms with van der Waals surface area (Å²) in [7, 11) is 3.11. The average molecular weight is 286 g/mol. The maximum absolute atomic E-state index is 11.9. The number of amides is 2. The standard InChI is InChI=1S/C16H18N2O3/c1-11-4-6-12(7-5-11)17-16(19)18-13-8-9-14(20-2)15(10-13)21-3/h4-10H,1-3H3,(H2,17,18,19). The van der Waals surface area contributed by atoms with Gasteiger partial charge < -0.3 is 20.1 Å². The van der Waals surface area contributed by atoms with Crippen molar-refractivity contribution in [1.82, 2.24) is 0 Å². The Labute approximate surface area is 123 Å². The predicted molar refractivity (Wildman–Crippen MR) is 83.4 cm³/mol. The van der Waals surface area contributed by atoms with Crippen LogP contribution in [-0.4, -0.2) is 20.3 Å². The van der Waals surface area contributed by atoms with Gasteiger partial charge >= 0.3 is 6.03 Å². The molecule has 0 unspecified atom stereocenters. The van der Waals surface area contributed by atoms with E-state index in [9.17, 15) is 4.79 Å². The van der Waals surface area contributed by atoms with Crippen molar-refractivity contribution in [2.24, 2.45) is 0 Å². The topological polar surface area (TPSA) is 59.6 Å². The van der Waals surface area contributed by atoms with E-state index in [2.05, 4.69) is 10.6 Å². The van der Waals surface area contributed by atoms with Gasteiger partial charge in [0.1, 0.15) is 0 Å². The van der Waals surface area contributed by atoms with E-state index in [1.165, 1.54) is 0 Å². The Balaban J connectivity index is 2.04. The molecule has 110 valence electrons. The van der Waals surface area contributed by atoms with Crippen LogP contribution < -0.4 is 20.1 Å². The molecule has 21 heavy (non-hydrogen) atoms. The molecule has 0 heterocycles. The number of benzene rings is 2. The van der Waals surface area contributed by atoms with Crippen molar-refractivity contribution in [3.8, 4) is 11.5 Å². The van der Waals surface area contributed by atoms with E-state index in [4.69, 9.17) is 9.47 Å². The molecule has 2 aromatic carbocycles. The lowest BCUT2D eigenvalue weighted by Crippen LogP contribution is -2.19. The van der Waals surface area contributed by atoms with Gasteiger partial charge in [-0.3, -0.25) is 0 Å². The van der Waals surface area contributed by atoms with Crippen LogP contribution in [0.5, 0.6) is 11.5 Å². The molecule has 0 bridgehead atoms. The van der Waals surface area contributed by atoms with Crippen molar-refractivity contribution < 1.29 is 14.3 Å². The lowest BCUT2D eigenvalue weighted by Gasteiger charge is -2.11. The zero-order chi connectivity index (χ0) is 15.2. The summed E-state index contributed by atoms with van der Waals surface area (Å²) in [5.41, 5.74) is 2.50. The van der Waals surface area contributed by atoms with E-state index >= 15 is 0 Å². The second-order valence-electron chi connectivity index (χ2n) is 4.51. The van der Waals surface area contributed by atoms with E-state index < -0.39 is 0 Å². The summed E-state index contributed by atoms with van der Waals surface area (Å²) in [5.74, 6) is 1.17. The number of nitrogens with one attached hydrogen (secondary N) is 2. The lowest BCUT2D eigenvalue weighted by atomic mass is 10.2. The highest BCUT2D eigenvalue weighted by atomic mass is 16.5. The summed E-state index contributed by atoms with van der Waals surface area (Å²) in [6.45, 7) is 1.99. The molecular weight excluding hydrogens is 268 g/mol. The van der Waals surface area contributed by atoms with Gasteiger partial charge in [-0.15, -0.1) is 0 Å². The molecule has 0 aliphatic rings. The van der Waals surface area contributed by atoms with Gasteiger partial charge in [-0.1, -0.05) is 17.7 Å². The SMILES string of the molecule is COc1ccc(NC(=O)Nc2ccc(C)cc2)cc1OC. The van der Waals surface area contributed by atoms with Gasteiger partial charge in [-0.05, 0) is 31.2 Å². The molecule has 0 atom stereocenters. The van der Waals surface area contributed by atoms with Crippen molar-refractivity contribution in [2.45, 2.75) is 6.92 Å². The number of anilines is 2. The Morgan fingerprint density at radius 1 is 0.857 bits per heavy atom. The maximum atomic E-state index is 11.9. The second kappa shape index (κ2) is 6.65. The predicted octanol–water partition coefficient (Wildman–Crippen LogP) is 3.66. The monoisotopic (exact) mass is 286 g/mol. The average Bonchev–Trinajstić information content (AvgIpc) is 2.49. The Hall–Kier alpha value is -2.69. The Morgan fingerprint density at radius 3 is 2.05 bits per heavy atom. The normalized spacial score (nSPS) is 9.86.